The van der Waals surface area contributed by atoms with Gasteiger partial charge in [-0.1, -0.05) is 5.16 Å². The van der Waals surface area contributed by atoms with Crippen molar-refractivity contribution in [1.82, 2.24) is 14.9 Å². The van der Waals surface area contributed by atoms with E-state index in [9.17, 15) is 17.6 Å². The molecule has 1 aromatic heterocycles. The number of fused-ring (bicyclic) bond motifs is 1. The Hall–Kier alpha value is -3.51. The molecule has 12 heteroatoms. The van der Waals surface area contributed by atoms with Crippen molar-refractivity contribution < 1.29 is 36.3 Å². The second-order valence-electron chi connectivity index (χ2n) is 6.67. The highest BCUT2D eigenvalue weighted by Gasteiger charge is 2.20. The molecule has 0 unspecified atom stereocenters. The zero-order chi connectivity index (χ0) is 22.6. The molecule has 2 heterocycles. The fourth-order valence-electron chi connectivity index (χ4n) is 2.77. The van der Waals surface area contributed by atoms with Crippen molar-refractivity contribution in [1.29, 1.82) is 0 Å². The second-order valence-corrected chi connectivity index (χ2v) is 8.43. The van der Waals surface area contributed by atoms with E-state index < -0.39 is 28.4 Å². The molecule has 0 saturated carbocycles. The Morgan fingerprint density at radius 1 is 1.09 bits per heavy atom. The molecule has 0 bridgehead atoms. The number of carbonyl (C=O) groups excluding carboxylic acids is 1. The molecule has 1 aliphatic rings. The minimum Gasteiger partial charge on any atom is -0.490 e. The molecule has 0 saturated heterocycles. The summed E-state index contributed by atoms with van der Waals surface area (Å²) in [7, 11) is -3.99. The van der Waals surface area contributed by atoms with Crippen LogP contribution in [0.15, 0.2) is 51.9 Å². The number of sulfonamides is 1. The summed E-state index contributed by atoms with van der Waals surface area (Å²) in [5, 5.41) is 3.67. The van der Waals surface area contributed by atoms with Crippen LogP contribution in [-0.2, 0) is 26.2 Å². The van der Waals surface area contributed by atoms with Gasteiger partial charge in [-0.25, -0.2) is 12.8 Å². The number of nitrogens with one attached hydrogen (secondary N) is 1. The summed E-state index contributed by atoms with van der Waals surface area (Å²) in [6.45, 7) is -0.0289. The Bertz CT molecular complexity index is 1210. The van der Waals surface area contributed by atoms with Crippen LogP contribution >= 0.6 is 0 Å². The summed E-state index contributed by atoms with van der Waals surface area (Å²) in [5.74, 6) is -0.259. The fraction of sp³-hybridized carbons (Fsp3) is 0.250. The van der Waals surface area contributed by atoms with Gasteiger partial charge in [-0.15, -0.1) is 0 Å². The summed E-state index contributed by atoms with van der Waals surface area (Å²) in [6.07, 6.45) is 0.687. The monoisotopic (exact) mass is 463 g/mol. The normalized spacial score (nSPS) is 13.4. The highest BCUT2D eigenvalue weighted by atomic mass is 32.2. The number of nitrogens with zero attached hydrogens (tertiary/aromatic N) is 2. The maximum Gasteiger partial charge on any atom is 0.321 e. The van der Waals surface area contributed by atoms with Gasteiger partial charge in [0, 0.05) is 18.1 Å². The minimum atomic E-state index is -3.99. The zero-order valence-electron chi connectivity index (χ0n) is 16.6. The molecule has 3 aromatic rings. The lowest BCUT2D eigenvalue weighted by Gasteiger charge is -2.10. The Kier molecular flexibility index (Phi) is 6.32. The molecular formula is C20H18FN3O7S. The summed E-state index contributed by atoms with van der Waals surface area (Å²) >= 11 is 0. The number of halogens is 1. The van der Waals surface area contributed by atoms with Gasteiger partial charge in [0.05, 0.1) is 18.1 Å². The number of esters is 1. The Labute approximate surface area is 182 Å². The van der Waals surface area contributed by atoms with Gasteiger partial charge < -0.3 is 18.7 Å². The molecule has 0 radical (unpaired) electrons. The molecule has 0 fully saturated rings. The average Bonchev–Trinajstić information content (AvgIpc) is 3.13. The summed E-state index contributed by atoms with van der Waals surface area (Å²) in [4.78, 5) is 15.9. The summed E-state index contributed by atoms with van der Waals surface area (Å²) in [5.41, 5.74) is 0.499. The van der Waals surface area contributed by atoms with Gasteiger partial charge >= 0.3 is 5.97 Å². The van der Waals surface area contributed by atoms with Gasteiger partial charge in [-0.3, -0.25) is 4.79 Å². The lowest BCUT2D eigenvalue weighted by Crippen LogP contribution is -2.30. The van der Waals surface area contributed by atoms with Crippen LogP contribution in [0.4, 0.5) is 4.39 Å². The first-order valence-corrected chi connectivity index (χ1v) is 11.0. The van der Waals surface area contributed by atoms with Crippen LogP contribution in [0.1, 0.15) is 12.2 Å². The average molecular weight is 463 g/mol. The van der Waals surface area contributed by atoms with Crippen LogP contribution in [-0.4, -0.2) is 44.3 Å². The van der Waals surface area contributed by atoms with Crippen LogP contribution in [0.3, 0.4) is 0 Å². The van der Waals surface area contributed by atoms with Crippen molar-refractivity contribution in [2.24, 2.45) is 0 Å². The third-order valence-corrected chi connectivity index (χ3v) is 5.76. The molecule has 0 aliphatic carbocycles. The highest BCUT2D eigenvalue weighted by Crippen LogP contribution is 2.31. The highest BCUT2D eigenvalue weighted by molar-refractivity contribution is 7.89. The number of hydrogen-bond acceptors (Lipinski definition) is 9. The third kappa shape index (κ3) is 5.21. The number of benzene rings is 2. The van der Waals surface area contributed by atoms with Gasteiger partial charge in [0.15, 0.2) is 18.1 Å². The number of ether oxygens (including phenoxy) is 3. The topological polar surface area (TPSA) is 130 Å². The first kappa shape index (κ1) is 21.7. The Balaban J connectivity index is 1.31. The minimum absolute atomic E-state index is 0.0725. The van der Waals surface area contributed by atoms with Gasteiger partial charge in [0.25, 0.3) is 5.89 Å². The van der Waals surface area contributed by atoms with Crippen molar-refractivity contribution in [2.75, 3.05) is 19.8 Å². The van der Waals surface area contributed by atoms with E-state index in [2.05, 4.69) is 14.9 Å². The molecule has 1 N–H and O–H groups in total. The number of hydrogen-bond donors (Lipinski definition) is 1. The fourth-order valence-corrected chi connectivity index (χ4v) is 3.75. The zero-order valence-corrected chi connectivity index (χ0v) is 17.4. The van der Waals surface area contributed by atoms with Crippen molar-refractivity contribution in [2.45, 2.75) is 17.9 Å². The quantitative estimate of drug-likeness (QED) is 0.523. The molecule has 4 rings (SSSR count). The van der Waals surface area contributed by atoms with Crippen LogP contribution < -0.4 is 14.2 Å². The second kappa shape index (κ2) is 9.32. The van der Waals surface area contributed by atoms with E-state index in [1.54, 1.807) is 0 Å². The van der Waals surface area contributed by atoms with E-state index in [1.807, 2.05) is 0 Å². The van der Waals surface area contributed by atoms with E-state index in [0.717, 1.165) is 0 Å². The van der Waals surface area contributed by atoms with E-state index in [0.29, 0.717) is 36.7 Å². The predicted octanol–water partition coefficient (Wildman–Crippen LogP) is 2.06. The van der Waals surface area contributed by atoms with Crippen LogP contribution in [0, 0.1) is 5.82 Å². The van der Waals surface area contributed by atoms with Gasteiger partial charge in [0.1, 0.15) is 12.4 Å². The van der Waals surface area contributed by atoms with Crippen LogP contribution in [0.5, 0.6) is 11.5 Å². The maximum atomic E-state index is 13.0. The predicted molar refractivity (Wildman–Crippen MR) is 107 cm³/mol. The first-order valence-electron chi connectivity index (χ1n) is 9.54. The van der Waals surface area contributed by atoms with E-state index in [-0.39, 0.29) is 23.2 Å². The molecule has 32 heavy (non-hydrogen) atoms. The van der Waals surface area contributed by atoms with E-state index in [1.165, 1.54) is 42.5 Å². The first-order chi connectivity index (χ1) is 15.4. The molecule has 0 amide bonds. The number of rotatable bonds is 7. The van der Waals surface area contributed by atoms with Crippen LogP contribution in [0.25, 0.3) is 11.5 Å². The molecule has 168 valence electrons. The molecule has 0 atom stereocenters. The van der Waals surface area contributed by atoms with Crippen LogP contribution in [0.2, 0.25) is 0 Å². The summed E-state index contributed by atoms with van der Waals surface area (Å²) in [6, 6.07) is 9.62. The third-order valence-electron chi connectivity index (χ3n) is 4.36. The van der Waals surface area contributed by atoms with Crippen molar-refractivity contribution >= 4 is 16.0 Å². The number of aromatic nitrogens is 2. The summed E-state index contributed by atoms with van der Waals surface area (Å²) < 4.78 is 61.1. The molecule has 2 aromatic carbocycles. The van der Waals surface area contributed by atoms with Crippen molar-refractivity contribution in [3.8, 4) is 23.0 Å². The standard InChI is InChI=1S/C20H18FN3O7S/c21-14-4-2-13(3-5-14)20-23-18(24-31-20)12-30-19(25)11-22-32(26,27)15-6-7-16-17(10-15)29-9-1-8-28-16/h2-7,10,22H,1,8-9,11-12H2. The van der Waals surface area contributed by atoms with Crippen molar-refractivity contribution in [3.05, 3.63) is 54.1 Å². The Morgan fingerprint density at radius 2 is 1.84 bits per heavy atom. The van der Waals surface area contributed by atoms with Gasteiger partial charge in [-0.05, 0) is 36.4 Å². The Morgan fingerprint density at radius 3 is 2.62 bits per heavy atom. The lowest BCUT2D eigenvalue weighted by molar-refractivity contribution is -0.143. The van der Waals surface area contributed by atoms with E-state index in [4.69, 9.17) is 18.7 Å². The maximum absolute atomic E-state index is 13.0. The largest absolute Gasteiger partial charge is 0.490 e. The van der Waals surface area contributed by atoms with Gasteiger partial charge in [0.2, 0.25) is 15.8 Å². The van der Waals surface area contributed by atoms with Crippen molar-refractivity contribution in [3.63, 3.8) is 0 Å². The van der Waals surface area contributed by atoms with E-state index >= 15 is 0 Å². The molecule has 0 spiro atoms. The smallest absolute Gasteiger partial charge is 0.321 e. The van der Waals surface area contributed by atoms with Gasteiger partial charge in [-0.2, -0.15) is 9.71 Å². The lowest BCUT2D eigenvalue weighted by atomic mass is 10.2. The molecule has 10 nitrogen and oxygen atoms in total. The molecule has 1 aliphatic heterocycles. The SMILES string of the molecule is O=C(CNS(=O)(=O)c1ccc2c(c1)OCCCO2)OCc1noc(-c2ccc(F)cc2)n1. The molecular weight excluding hydrogens is 445 g/mol. The number of carbonyl (C=O) groups is 1.